The molecule has 1 aliphatic rings. The summed E-state index contributed by atoms with van der Waals surface area (Å²) in [6.45, 7) is 9.35. The lowest BCUT2D eigenvalue weighted by molar-refractivity contribution is -0.119. The smallest absolute Gasteiger partial charge is 0.163 e. The summed E-state index contributed by atoms with van der Waals surface area (Å²) in [4.78, 5) is 14.2. The number of carbonyl (C=O) groups excluding carboxylic acids is 1. The molecule has 0 aromatic rings. The van der Waals surface area contributed by atoms with Crippen LogP contribution in [0.5, 0.6) is 0 Å². The average Bonchev–Trinajstić information content (AvgIpc) is 2.41. The number of rotatable bonds is 4. The van der Waals surface area contributed by atoms with Gasteiger partial charge < -0.3 is 4.90 Å². The molecule has 1 aliphatic heterocycles. The maximum Gasteiger partial charge on any atom is 0.163 e. The van der Waals surface area contributed by atoms with E-state index in [-0.39, 0.29) is 5.92 Å². The molecule has 1 heterocycles. The van der Waals surface area contributed by atoms with Crippen molar-refractivity contribution in [1.82, 2.24) is 4.90 Å². The normalized spacial score (nSPS) is 22.1. The number of nitrogens with zero attached hydrogens (tertiary/aromatic N) is 1. The van der Waals surface area contributed by atoms with E-state index in [1.54, 1.807) is 6.08 Å². The highest BCUT2D eigenvalue weighted by Crippen LogP contribution is 2.18. The van der Waals surface area contributed by atoms with Crippen LogP contribution in [0.25, 0.3) is 0 Å². The van der Waals surface area contributed by atoms with Gasteiger partial charge in [-0.2, -0.15) is 0 Å². The molecule has 0 spiro atoms. The summed E-state index contributed by atoms with van der Waals surface area (Å²) in [5, 5.41) is 0. The summed E-state index contributed by atoms with van der Waals surface area (Å²) in [5.74, 6) is 0.467. The lowest BCUT2D eigenvalue weighted by Crippen LogP contribution is -2.27. The first-order chi connectivity index (χ1) is 7.69. The van der Waals surface area contributed by atoms with Crippen LogP contribution < -0.4 is 0 Å². The van der Waals surface area contributed by atoms with Gasteiger partial charge in [0.05, 0.1) is 0 Å². The third-order valence-electron chi connectivity index (χ3n) is 2.92. The third kappa shape index (κ3) is 3.37. The summed E-state index contributed by atoms with van der Waals surface area (Å²) >= 11 is 0. The largest absolute Gasteiger partial charge is 0.373 e. The molecule has 2 heteroatoms. The number of Topliss-reactive ketones (excluding diaryl/α,β-unsaturated/α-hetero) is 1. The summed E-state index contributed by atoms with van der Waals surface area (Å²) in [5.41, 5.74) is 0.910. The molecule has 0 saturated heterocycles. The number of carbonyl (C=O) groups is 1. The van der Waals surface area contributed by atoms with Gasteiger partial charge in [-0.15, -0.1) is 0 Å². The Kier molecular flexibility index (Phi) is 5.03. The first-order valence-electron chi connectivity index (χ1n) is 5.93. The van der Waals surface area contributed by atoms with E-state index in [0.29, 0.717) is 5.78 Å². The monoisotopic (exact) mass is 219 g/mol. The van der Waals surface area contributed by atoms with Crippen molar-refractivity contribution >= 4 is 5.78 Å². The van der Waals surface area contributed by atoms with Gasteiger partial charge in [-0.1, -0.05) is 32.1 Å². The number of ketones is 1. The molecule has 0 amide bonds. The zero-order chi connectivity index (χ0) is 12.0. The highest BCUT2D eigenvalue weighted by molar-refractivity contribution is 5.97. The summed E-state index contributed by atoms with van der Waals surface area (Å²) < 4.78 is 0. The van der Waals surface area contributed by atoms with E-state index >= 15 is 0 Å². The number of allylic oxidation sites excluding steroid dienone is 3. The SMILES string of the molecule is C=C/C=C\N1CC=C(C)C(=O)C(CCC)C1. The molecule has 0 aromatic carbocycles. The van der Waals surface area contributed by atoms with E-state index in [2.05, 4.69) is 18.4 Å². The van der Waals surface area contributed by atoms with Gasteiger partial charge >= 0.3 is 0 Å². The zero-order valence-corrected chi connectivity index (χ0v) is 10.3. The molecule has 88 valence electrons. The maximum absolute atomic E-state index is 12.0. The van der Waals surface area contributed by atoms with Gasteiger partial charge in [0.25, 0.3) is 0 Å². The summed E-state index contributed by atoms with van der Waals surface area (Å²) in [7, 11) is 0. The van der Waals surface area contributed by atoms with E-state index in [1.807, 2.05) is 25.3 Å². The van der Waals surface area contributed by atoms with E-state index in [9.17, 15) is 4.79 Å². The molecule has 0 radical (unpaired) electrons. The number of hydrogen-bond donors (Lipinski definition) is 0. The minimum atomic E-state index is 0.151. The Hall–Kier alpha value is -1.31. The molecular weight excluding hydrogens is 198 g/mol. The second kappa shape index (κ2) is 6.31. The second-order valence-electron chi connectivity index (χ2n) is 4.27. The molecular formula is C14H21NO. The van der Waals surface area contributed by atoms with Crippen LogP contribution in [0.4, 0.5) is 0 Å². The molecule has 2 nitrogen and oxygen atoms in total. The van der Waals surface area contributed by atoms with Crippen molar-refractivity contribution in [2.24, 2.45) is 5.92 Å². The van der Waals surface area contributed by atoms with Crippen molar-refractivity contribution in [2.75, 3.05) is 13.1 Å². The van der Waals surface area contributed by atoms with E-state index in [1.165, 1.54) is 0 Å². The Morgan fingerprint density at radius 2 is 2.38 bits per heavy atom. The van der Waals surface area contributed by atoms with Gasteiger partial charge in [0.15, 0.2) is 5.78 Å². The quantitative estimate of drug-likeness (QED) is 0.678. The topological polar surface area (TPSA) is 20.3 Å². The Balaban J connectivity index is 2.77. The molecule has 16 heavy (non-hydrogen) atoms. The van der Waals surface area contributed by atoms with Gasteiger partial charge in [-0.05, 0) is 31.2 Å². The van der Waals surface area contributed by atoms with Crippen LogP contribution in [0, 0.1) is 5.92 Å². The highest BCUT2D eigenvalue weighted by atomic mass is 16.1. The van der Waals surface area contributed by atoms with E-state index in [0.717, 1.165) is 31.5 Å². The standard InChI is InChI=1S/C14H21NO/c1-4-6-9-15-10-8-12(3)14(16)13(11-15)7-5-2/h4,6,8-9,13H,1,5,7,10-11H2,2-3H3/b9-6-. The van der Waals surface area contributed by atoms with Crippen LogP contribution >= 0.6 is 0 Å². The predicted octanol–water partition coefficient (Wildman–Crippen LogP) is 2.93. The molecule has 0 aliphatic carbocycles. The highest BCUT2D eigenvalue weighted by Gasteiger charge is 2.23. The lowest BCUT2D eigenvalue weighted by atomic mass is 9.95. The molecule has 0 fully saturated rings. The van der Waals surface area contributed by atoms with Gasteiger partial charge in [0.2, 0.25) is 0 Å². The van der Waals surface area contributed by atoms with Crippen molar-refractivity contribution < 1.29 is 4.79 Å². The molecule has 1 rings (SSSR count). The van der Waals surface area contributed by atoms with Crippen LogP contribution in [0.2, 0.25) is 0 Å². The lowest BCUT2D eigenvalue weighted by Gasteiger charge is -2.21. The fraction of sp³-hybridized carbons (Fsp3) is 0.500. The summed E-state index contributed by atoms with van der Waals surface area (Å²) in [6.07, 6.45) is 9.74. The Morgan fingerprint density at radius 3 is 3.00 bits per heavy atom. The maximum atomic E-state index is 12.0. The van der Waals surface area contributed by atoms with Crippen LogP contribution in [0.15, 0.2) is 36.6 Å². The molecule has 0 aromatic heterocycles. The van der Waals surface area contributed by atoms with Crippen LogP contribution in [-0.4, -0.2) is 23.8 Å². The Morgan fingerprint density at radius 1 is 1.62 bits per heavy atom. The van der Waals surface area contributed by atoms with Gasteiger partial charge in [0.1, 0.15) is 0 Å². The van der Waals surface area contributed by atoms with Crippen molar-refractivity contribution in [3.05, 3.63) is 36.6 Å². The minimum Gasteiger partial charge on any atom is -0.373 e. The summed E-state index contributed by atoms with van der Waals surface area (Å²) in [6, 6.07) is 0. The zero-order valence-electron chi connectivity index (χ0n) is 10.3. The van der Waals surface area contributed by atoms with Crippen molar-refractivity contribution in [1.29, 1.82) is 0 Å². The van der Waals surface area contributed by atoms with Crippen LogP contribution in [0.3, 0.4) is 0 Å². The fourth-order valence-corrected chi connectivity index (χ4v) is 1.99. The molecule has 0 N–H and O–H groups in total. The molecule has 1 unspecified atom stereocenters. The fourth-order valence-electron chi connectivity index (χ4n) is 1.99. The molecule has 0 bridgehead atoms. The van der Waals surface area contributed by atoms with Gasteiger partial charge in [-0.25, -0.2) is 0 Å². The predicted molar refractivity (Wildman–Crippen MR) is 68.1 cm³/mol. The third-order valence-corrected chi connectivity index (χ3v) is 2.92. The van der Waals surface area contributed by atoms with E-state index in [4.69, 9.17) is 0 Å². The van der Waals surface area contributed by atoms with Crippen LogP contribution in [0.1, 0.15) is 26.7 Å². The van der Waals surface area contributed by atoms with Crippen molar-refractivity contribution in [3.63, 3.8) is 0 Å². The Bertz CT molecular complexity index is 315. The molecule has 0 saturated carbocycles. The molecule has 1 atom stereocenters. The average molecular weight is 219 g/mol. The Labute approximate surface area is 98.3 Å². The number of hydrogen-bond acceptors (Lipinski definition) is 2. The van der Waals surface area contributed by atoms with E-state index < -0.39 is 0 Å². The minimum absolute atomic E-state index is 0.151. The first-order valence-corrected chi connectivity index (χ1v) is 5.93. The van der Waals surface area contributed by atoms with Crippen molar-refractivity contribution in [3.8, 4) is 0 Å². The second-order valence-corrected chi connectivity index (χ2v) is 4.27. The van der Waals surface area contributed by atoms with Crippen LogP contribution in [-0.2, 0) is 4.79 Å². The van der Waals surface area contributed by atoms with Gasteiger partial charge in [-0.3, -0.25) is 4.79 Å². The van der Waals surface area contributed by atoms with Gasteiger partial charge in [0, 0.05) is 19.0 Å². The van der Waals surface area contributed by atoms with Crippen molar-refractivity contribution in [2.45, 2.75) is 26.7 Å². The first kappa shape index (κ1) is 12.8.